The van der Waals surface area contributed by atoms with Crippen LogP contribution in [0.1, 0.15) is 30.3 Å². The minimum atomic E-state index is -0.245. The fraction of sp³-hybridized carbons (Fsp3) is 0.333. The predicted octanol–water partition coefficient (Wildman–Crippen LogP) is 4.75. The van der Waals surface area contributed by atoms with Crippen molar-refractivity contribution in [2.45, 2.75) is 31.4 Å². The van der Waals surface area contributed by atoms with Crippen LogP contribution < -0.4 is 0 Å². The van der Waals surface area contributed by atoms with Gasteiger partial charge in [-0.3, -0.25) is 0 Å². The van der Waals surface area contributed by atoms with Gasteiger partial charge in [-0.1, -0.05) is 42.5 Å². The summed E-state index contributed by atoms with van der Waals surface area (Å²) in [4.78, 5) is 18.8. The number of nitrogens with zero attached hydrogens (tertiary/aromatic N) is 3. The van der Waals surface area contributed by atoms with Gasteiger partial charge in [0.25, 0.3) is 0 Å². The van der Waals surface area contributed by atoms with Gasteiger partial charge in [0.05, 0.1) is 16.9 Å². The summed E-state index contributed by atoms with van der Waals surface area (Å²) in [6.07, 6.45) is 1.49. The quantitative estimate of drug-likeness (QED) is 0.611. The second-order valence-electron chi connectivity index (χ2n) is 6.78. The predicted molar refractivity (Wildman–Crippen MR) is 106 cm³/mol. The van der Waals surface area contributed by atoms with Gasteiger partial charge >= 0.3 is 6.09 Å². The molecule has 0 N–H and O–H groups in total. The first-order valence-corrected chi connectivity index (χ1v) is 9.77. The van der Waals surface area contributed by atoms with E-state index in [1.807, 2.05) is 48.5 Å². The molecule has 5 nitrogen and oxygen atoms in total. The van der Waals surface area contributed by atoms with Gasteiger partial charge in [-0.05, 0) is 30.5 Å². The molecule has 27 heavy (non-hydrogen) atoms. The highest BCUT2D eigenvalue weighted by molar-refractivity contribution is 6.16. The highest BCUT2D eigenvalue weighted by atomic mass is 35.5. The standard InChI is InChI=1S/C21H22ClN3O2/c22-14-20-23-18-8-4-5-9-19(18)25(20)17-10-12-24(13-11-17)21(26)27-15-16-6-2-1-3-7-16/h1-9,17H,10-15H2. The topological polar surface area (TPSA) is 47.4 Å². The number of para-hydroxylation sites is 2. The van der Waals surface area contributed by atoms with E-state index in [2.05, 4.69) is 15.6 Å². The third-order valence-corrected chi connectivity index (χ3v) is 5.32. The van der Waals surface area contributed by atoms with Gasteiger partial charge in [-0.15, -0.1) is 11.6 Å². The van der Waals surface area contributed by atoms with Crippen LogP contribution in [0.25, 0.3) is 11.0 Å². The highest BCUT2D eigenvalue weighted by Crippen LogP contribution is 2.29. The molecule has 0 atom stereocenters. The number of fused-ring (bicyclic) bond motifs is 1. The summed E-state index contributed by atoms with van der Waals surface area (Å²) in [5.41, 5.74) is 3.08. The zero-order chi connectivity index (χ0) is 18.6. The molecule has 1 saturated heterocycles. The number of carbonyl (C=O) groups is 1. The molecule has 140 valence electrons. The number of halogens is 1. The molecule has 3 aromatic rings. The van der Waals surface area contributed by atoms with Crippen molar-refractivity contribution < 1.29 is 9.53 Å². The van der Waals surface area contributed by atoms with Crippen LogP contribution in [0.4, 0.5) is 4.79 Å². The van der Waals surface area contributed by atoms with Gasteiger partial charge in [0.15, 0.2) is 0 Å². The maximum atomic E-state index is 12.4. The van der Waals surface area contributed by atoms with E-state index in [4.69, 9.17) is 16.3 Å². The number of ether oxygens (including phenoxy) is 1. The minimum Gasteiger partial charge on any atom is -0.445 e. The molecule has 0 unspecified atom stereocenters. The maximum Gasteiger partial charge on any atom is 0.410 e. The molecular weight excluding hydrogens is 362 g/mol. The third-order valence-electron chi connectivity index (χ3n) is 5.08. The molecule has 2 aromatic carbocycles. The van der Waals surface area contributed by atoms with Gasteiger partial charge in [0, 0.05) is 19.1 Å². The second-order valence-corrected chi connectivity index (χ2v) is 7.05. The number of aromatic nitrogens is 2. The Bertz CT molecular complexity index is 918. The summed E-state index contributed by atoms with van der Waals surface area (Å²) < 4.78 is 7.70. The van der Waals surface area contributed by atoms with E-state index < -0.39 is 0 Å². The van der Waals surface area contributed by atoms with Crippen molar-refractivity contribution in [3.63, 3.8) is 0 Å². The highest BCUT2D eigenvalue weighted by Gasteiger charge is 2.27. The Balaban J connectivity index is 1.40. The lowest BCUT2D eigenvalue weighted by Crippen LogP contribution is -2.39. The molecule has 1 aliphatic heterocycles. The fourth-order valence-electron chi connectivity index (χ4n) is 3.71. The molecule has 2 heterocycles. The normalized spacial score (nSPS) is 15.2. The lowest BCUT2D eigenvalue weighted by molar-refractivity contribution is 0.0832. The number of hydrogen-bond acceptors (Lipinski definition) is 3. The number of benzene rings is 2. The third kappa shape index (κ3) is 3.78. The Morgan fingerprint density at radius 1 is 1.07 bits per heavy atom. The van der Waals surface area contributed by atoms with Crippen molar-refractivity contribution in [2.75, 3.05) is 13.1 Å². The SMILES string of the molecule is O=C(OCc1ccccc1)N1CCC(n2c(CCl)nc3ccccc32)CC1. The van der Waals surface area contributed by atoms with Crippen LogP contribution in [0.5, 0.6) is 0 Å². The van der Waals surface area contributed by atoms with Crippen molar-refractivity contribution >= 4 is 28.7 Å². The molecule has 0 spiro atoms. The van der Waals surface area contributed by atoms with Gasteiger partial charge in [0.2, 0.25) is 0 Å². The number of likely N-dealkylation sites (tertiary alicyclic amines) is 1. The van der Waals surface area contributed by atoms with Crippen LogP contribution in [0.15, 0.2) is 54.6 Å². The lowest BCUT2D eigenvalue weighted by atomic mass is 10.0. The average Bonchev–Trinajstić information content (AvgIpc) is 3.11. The largest absolute Gasteiger partial charge is 0.445 e. The zero-order valence-electron chi connectivity index (χ0n) is 15.1. The second kappa shape index (κ2) is 8.01. The van der Waals surface area contributed by atoms with E-state index in [-0.39, 0.29) is 6.09 Å². The monoisotopic (exact) mass is 383 g/mol. The van der Waals surface area contributed by atoms with E-state index >= 15 is 0 Å². The minimum absolute atomic E-state index is 0.245. The molecule has 1 aliphatic rings. The fourth-order valence-corrected chi connectivity index (χ4v) is 3.90. The van der Waals surface area contributed by atoms with Crippen LogP contribution in [0.2, 0.25) is 0 Å². The number of hydrogen-bond donors (Lipinski definition) is 0. The lowest BCUT2D eigenvalue weighted by Gasteiger charge is -2.33. The number of piperidine rings is 1. The summed E-state index contributed by atoms with van der Waals surface area (Å²) >= 11 is 6.13. The van der Waals surface area contributed by atoms with Crippen molar-refractivity contribution in [3.05, 3.63) is 66.0 Å². The average molecular weight is 384 g/mol. The van der Waals surface area contributed by atoms with Gasteiger partial charge in [0.1, 0.15) is 12.4 Å². The zero-order valence-corrected chi connectivity index (χ0v) is 15.8. The van der Waals surface area contributed by atoms with Crippen LogP contribution >= 0.6 is 11.6 Å². The summed E-state index contributed by atoms with van der Waals surface area (Å²) in [7, 11) is 0. The Hall–Kier alpha value is -2.53. The Labute approximate surface area is 163 Å². The maximum absolute atomic E-state index is 12.4. The first-order chi connectivity index (χ1) is 13.3. The summed E-state index contributed by atoms with van der Waals surface area (Å²) in [6, 6.07) is 18.1. The van der Waals surface area contributed by atoms with E-state index in [0.29, 0.717) is 31.6 Å². The number of rotatable bonds is 4. The van der Waals surface area contributed by atoms with Crippen LogP contribution in [0, 0.1) is 0 Å². The number of amides is 1. The van der Waals surface area contributed by atoms with Gasteiger partial charge in [-0.2, -0.15) is 0 Å². The van der Waals surface area contributed by atoms with E-state index in [0.717, 1.165) is 35.3 Å². The summed E-state index contributed by atoms with van der Waals surface area (Å²) in [6.45, 7) is 1.65. The number of alkyl halides is 1. The molecule has 0 aliphatic carbocycles. The van der Waals surface area contributed by atoms with E-state index in [9.17, 15) is 4.79 Å². The Kier molecular flexibility index (Phi) is 5.30. The molecule has 0 bridgehead atoms. The number of imidazole rings is 1. The molecule has 1 fully saturated rings. The first kappa shape index (κ1) is 17.9. The van der Waals surface area contributed by atoms with Crippen LogP contribution in [-0.2, 0) is 17.2 Å². The molecular formula is C21H22ClN3O2. The van der Waals surface area contributed by atoms with Crippen LogP contribution in [-0.4, -0.2) is 33.6 Å². The van der Waals surface area contributed by atoms with Crippen molar-refractivity contribution in [3.8, 4) is 0 Å². The number of carbonyl (C=O) groups excluding carboxylic acids is 1. The van der Waals surface area contributed by atoms with E-state index in [1.54, 1.807) is 4.90 Å². The van der Waals surface area contributed by atoms with Crippen molar-refractivity contribution in [2.24, 2.45) is 0 Å². The molecule has 0 radical (unpaired) electrons. The Morgan fingerprint density at radius 3 is 2.52 bits per heavy atom. The summed E-state index contributed by atoms with van der Waals surface area (Å²) in [5, 5.41) is 0. The Morgan fingerprint density at radius 2 is 1.78 bits per heavy atom. The summed E-state index contributed by atoms with van der Waals surface area (Å²) in [5.74, 6) is 1.27. The van der Waals surface area contributed by atoms with Gasteiger partial charge in [-0.25, -0.2) is 9.78 Å². The smallest absolute Gasteiger partial charge is 0.410 e. The van der Waals surface area contributed by atoms with Gasteiger partial charge < -0.3 is 14.2 Å². The molecule has 6 heteroatoms. The van der Waals surface area contributed by atoms with Crippen LogP contribution in [0.3, 0.4) is 0 Å². The van der Waals surface area contributed by atoms with Crippen molar-refractivity contribution in [1.29, 1.82) is 0 Å². The van der Waals surface area contributed by atoms with E-state index in [1.165, 1.54) is 0 Å². The van der Waals surface area contributed by atoms with Crippen molar-refractivity contribution in [1.82, 2.24) is 14.5 Å². The first-order valence-electron chi connectivity index (χ1n) is 9.23. The molecule has 4 rings (SSSR count). The molecule has 0 saturated carbocycles. The molecule has 1 aromatic heterocycles. The molecule has 1 amide bonds.